The largest absolute Gasteiger partial charge is 0.360 e. The second-order valence-electron chi connectivity index (χ2n) is 4.40. The van der Waals surface area contributed by atoms with Gasteiger partial charge in [0.15, 0.2) is 6.29 Å². The van der Waals surface area contributed by atoms with E-state index in [1.807, 2.05) is 6.07 Å². The molecule has 1 saturated heterocycles. The topological polar surface area (TPSA) is 20.3 Å². The van der Waals surface area contributed by atoms with Crippen LogP contribution in [0.15, 0.2) is 12.1 Å². The Balaban J connectivity index is 2.17. The minimum Gasteiger partial charge on any atom is -0.360 e. The summed E-state index contributed by atoms with van der Waals surface area (Å²) in [6.07, 6.45) is 7.43. The molecule has 0 amide bonds. The number of carbonyl (C=O) groups is 1. The molecule has 1 aliphatic rings. The summed E-state index contributed by atoms with van der Waals surface area (Å²) in [7, 11) is 0. The molecule has 0 bridgehead atoms. The fourth-order valence-corrected chi connectivity index (χ4v) is 3.37. The number of aldehydes is 1. The standard InChI is InChI=1S/C13H19NOS/c1-2-11-6-4-3-5-9-14(11)13-8-7-12(10-15)16-13/h7-8,10-11H,2-6,9H2,1H3. The molecule has 1 aromatic heterocycles. The first-order valence-corrected chi connectivity index (χ1v) is 6.98. The van der Waals surface area contributed by atoms with Crippen molar-refractivity contribution in [2.24, 2.45) is 0 Å². The van der Waals surface area contributed by atoms with E-state index in [9.17, 15) is 4.79 Å². The Labute approximate surface area is 101 Å². The molecule has 1 atom stereocenters. The van der Waals surface area contributed by atoms with Gasteiger partial charge in [-0.25, -0.2) is 0 Å². The SMILES string of the molecule is CCC1CCCCCN1c1ccc(C=O)s1. The van der Waals surface area contributed by atoms with Crippen LogP contribution in [0, 0.1) is 0 Å². The van der Waals surface area contributed by atoms with Gasteiger partial charge in [0.25, 0.3) is 0 Å². The van der Waals surface area contributed by atoms with Crippen LogP contribution in [0.2, 0.25) is 0 Å². The molecule has 0 radical (unpaired) electrons. The Morgan fingerprint density at radius 2 is 2.31 bits per heavy atom. The number of hydrogen-bond acceptors (Lipinski definition) is 3. The lowest BCUT2D eigenvalue weighted by Gasteiger charge is -2.29. The Bertz CT molecular complexity index is 347. The number of anilines is 1. The van der Waals surface area contributed by atoms with E-state index in [2.05, 4.69) is 17.9 Å². The number of rotatable bonds is 3. The van der Waals surface area contributed by atoms with Gasteiger partial charge < -0.3 is 4.90 Å². The molecule has 1 aromatic rings. The van der Waals surface area contributed by atoms with Crippen molar-refractivity contribution in [3.05, 3.63) is 17.0 Å². The second-order valence-corrected chi connectivity index (χ2v) is 5.49. The zero-order valence-electron chi connectivity index (χ0n) is 9.82. The van der Waals surface area contributed by atoms with Gasteiger partial charge in [-0.05, 0) is 31.4 Å². The maximum absolute atomic E-state index is 10.7. The number of hydrogen-bond donors (Lipinski definition) is 0. The fourth-order valence-electron chi connectivity index (χ4n) is 2.45. The van der Waals surface area contributed by atoms with E-state index in [-0.39, 0.29) is 0 Å². The van der Waals surface area contributed by atoms with Gasteiger partial charge in [-0.15, -0.1) is 11.3 Å². The van der Waals surface area contributed by atoms with Crippen molar-refractivity contribution in [1.29, 1.82) is 0 Å². The van der Waals surface area contributed by atoms with E-state index >= 15 is 0 Å². The minimum atomic E-state index is 0.667. The minimum absolute atomic E-state index is 0.667. The zero-order valence-corrected chi connectivity index (χ0v) is 10.6. The van der Waals surface area contributed by atoms with E-state index in [4.69, 9.17) is 0 Å². The van der Waals surface area contributed by atoms with Crippen molar-refractivity contribution in [3.8, 4) is 0 Å². The summed E-state index contributed by atoms with van der Waals surface area (Å²) >= 11 is 1.63. The molecule has 88 valence electrons. The van der Waals surface area contributed by atoms with Gasteiger partial charge in [-0.1, -0.05) is 19.8 Å². The molecule has 2 nitrogen and oxygen atoms in total. The van der Waals surface area contributed by atoms with Crippen LogP contribution in [0.5, 0.6) is 0 Å². The third kappa shape index (κ3) is 2.46. The van der Waals surface area contributed by atoms with Crippen LogP contribution in [0.25, 0.3) is 0 Å². The summed E-state index contributed by atoms with van der Waals surface area (Å²) in [6, 6.07) is 4.70. The van der Waals surface area contributed by atoms with Crippen LogP contribution < -0.4 is 4.90 Å². The van der Waals surface area contributed by atoms with Crippen LogP contribution in [0.4, 0.5) is 5.00 Å². The highest BCUT2D eigenvalue weighted by atomic mass is 32.1. The van der Waals surface area contributed by atoms with Gasteiger partial charge in [0.2, 0.25) is 0 Å². The van der Waals surface area contributed by atoms with Crippen LogP contribution >= 0.6 is 11.3 Å². The van der Waals surface area contributed by atoms with Gasteiger partial charge in [0.1, 0.15) is 0 Å². The smallest absolute Gasteiger partial charge is 0.160 e. The van der Waals surface area contributed by atoms with Crippen molar-refractivity contribution in [2.45, 2.75) is 45.1 Å². The molecular formula is C13H19NOS. The molecule has 0 saturated carbocycles. The maximum Gasteiger partial charge on any atom is 0.160 e. The highest BCUT2D eigenvalue weighted by molar-refractivity contribution is 7.17. The normalized spacial score (nSPS) is 21.8. The molecule has 2 heterocycles. The van der Waals surface area contributed by atoms with E-state index in [0.29, 0.717) is 6.04 Å². The zero-order chi connectivity index (χ0) is 11.4. The van der Waals surface area contributed by atoms with E-state index in [0.717, 1.165) is 17.7 Å². The van der Waals surface area contributed by atoms with Crippen molar-refractivity contribution in [2.75, 3.05) is 11.4 Å². The molecule has 2 rings (SSSR count). The lowest BCUT2D eigenvalue weighted by atomic mass is 10.1. The molecule has 1 fully saturated rings. The average molecular weight is 237 g/mol. The van der Waals surface area contributed by atoms with Gasteiger partial charge in [0.05, 0.1) is 9.88 Å². The predicted molar refractivity (Wildman–Crippen MR) is 69.6 cm³/mol. The summed E-state index contributed by atoms with van der Waals surface area (Å²) in [6.45, 7) is 3.41. The van der Waals surface area contributed by atoms with Crippen molar-refractivity contribution in [3.63, 3.8) is 0 Å². The van der Waals surface area contributed by atoms with Crippen LogP contribution in [-0.4, -0.2) is 18.9 Å². The third-order valence-electron chi connectivity index (χ3n) is 3.36. The van der Waals surface area contributed by atoms with Gasteiger partial charge >= 0.3 is 0 Å². The number of thiophene rings is 1. The summed E-state index contributed by atoms with van der Waals surface area (Å²) in [5, 5.41) is 1.27. The van der Waals surface area contributed by atoms with E-state index in [1.54, 1.807) is 11.3 Å². The van der Waals surface area contributed by atoms with Gasteiger partial charge in [-0.2, -0.15) is 0 Å². The Kier molecular flexibility index (Phi) is 3.99. The molecule has 0 spiro atoms. The van der Waals surface area contributed by atoms with Gasteiger partial charge in [0, 0.05) is 12.6 Å². The first-order chi connectivity index (χ1) is 7.85. The Morgan fingerprint density at radius 1 is 1.44 bits per heavy atom. The molecule has 3 heteroatoms. The average Bonchev–Trinajstić information content (AvgIpc) is 2.66. The first kappa shape index (κ1) is 11.6. The number of carbonyl (C=O) groups excluding carboxylic acids is 1. The lowest BCUT2D eigenvalue weighted by Crippen LogP contribution is -2.33. The highest BCUT2D eigenvalue weighted by Gasteiger charge is 2.20. The molecular weight excluding hydrogens is 218 g/mol. The molecule has 16 heavy (non-hydrogen) atoms. The van der Waals surface area contributed by atoms with Gasteiger partial charge in [-0.3, -0.25) is 4.79 Å². The quantitative estimate of drug-likeness (QED) is 0.747. The fraction of sp³-hybridized carbons (Fsp3) is 0.615. The van der Waals surface area contributed by atoms with Crippen molar-refractivity contribution in [1.82, 2.24) is 0 Å². The summed E-state index contributed by atoms with van der Waals surface area (Å²) < 4.78 is 0. The van der Waals surface area contributed by atoms with Crippen LogP contribution in [0.3, 0.4) is 0 Å². The second kappa shape index (κ2) is 5.48. The Hall–Kier alpha value is -0.830. The van der Waals surface area contributed by atoms with E-state index < -0.39 is 0 Å². The molecule has 1 aliphatic heterocycles. The number of nitrogens with zero attached hydrogens (tertiary/aromatic N) is 1. The maximum atomic E-state index is 10.7. The first-order valence-electron chi connectivity index (χ1n) is 6.16. The molecule has 0 aromatic carbocycles. The monoisotopic (exact) mass is 237 g/mol. The Morgan fingerprint density at radius 3 is 3.00 bits per heavy atom. The molecule has 1 unspecified atom stereocenters. The van der Waals surface area contributed by atoms with E-state index in [1.165, 1.54) is 37.1 Å². The van der Waals surface area contributed by atoms with Crippen molar-refractivity contribution >= 4 is 22.6 Å². The summed E-state index contributed by atoms with van der Waals surface area (Å²) in [4.78, 5) is 14.1. The van der Waals surface area contributed by atoms with Crippen LogP contribution in [-0.2, 0) is 0 Å². The summed E-state index contributed by atoms with van der Waals surface area (Å²) in [5.74, 6) is 0. The molecule has 0 aliphatic carbocycles. The predicted octanol–water partition coefficient (Wildman–Crippen LogP) is 3.72. The lowest BCUT2D eigenvalue weighted by molar-refractivity contribution is 0.112. The van der Waals surface area contributed by atoms with Crippen molar-refractivity contribution < 1.29 is 4.79 Å². The molecule has 0 N–H and O–H groups in total. The summed E-state index contributed by atoms with van der Waals surface area (Å²) in [5.41, 5.74) is 0. The highest BCUT2D eigenvalue weighted by Crippen LogP contribution is 2.31. The van der Waals surface area contributed by atoms with Crippen LogP contribution in [0.1, 0.15) is 48.7 Å². The third-order valence-corrected chi connectivity index (χ3v) is 4.41.